The molecule has 0 spiro atoms. The molecule has 3 atom stereocenters. The van der Waals surface area contributed by atoms with Crippen LogP contribution in [0.5, 0.6) is 5.75 Å². The summed E-state index contributed by atoms with van der Waals surface area (Å²) in [6.07, 6.45) is 11.1. The Kier molecular flexibility index (Phi) is 9.15. The van der Waals surface area contributed by atoms with Crippen LogP contribution < -0.4 is 9.97 Å². The number of rotatable bonds is 10. The molecule has 0 radical (unpaired) electrons. The Hall–Kier alpha value is -1.66. The molecule has 2 unspecified atom stereocenters. The van der Waals surface area contributed by atoms with E-state index in [1.165, 1.54) is 39.0 Å². The highest BCUT2D eigenvalue weighted by atomic mass is 16.5. The topological polar surface area (TPSA) is 75.6 Å². The monoisotopic (exact) mass is 427 g/mol. The summed E-state index contributed by atoms with van der Waals surface area (Å²) in [5.74, 6) is 0.824. The summed E-state index contributed by atoms with van der Waals surface area (Å²) in [4.78, 5) is 24.6. The number of carbonyl (C=O) groups is 2. The van der Waals surface area contributed by atoms with Crippen LogP contribution in [0.4, 0.5) is 0 Å². The molecule has 1 aromatic rings. The molecular weight excluding hydrogens is 389 g/mol. The molecule has 31 heavy (non-hydrogen) atoms. The minimum atomic E-state index is -1.04. The van der Waals surface area contributed by atoms with Gasteiger partial charge in [0.15, 0.2) is 5.78 Å². The number of nitrogens with one attached hydrogen (secondary N) is 1. The predicted octanol–water partition coefficient (Wildman–Crippen LogP) is 4.75. The fraction of sp³-hybridized carbons (Fsp3) is 0.680. The van der Waals surface area contributed by atoms with E-state index < -0.39 is 7.12 Å². The lowest BCUT2D eigenvalue weighted by Crippen LogP contribution is -2.36. The summed E-state index contributed by atoms with van der Waals surface area (Å²) in [6, 6.07) is 6.08. The number of Topliss-reactive ketones (excluding diaryl/α,β-unsaturated/α-hetero) is 2. The minimum absolute atomic E-state index is 0.0786. The average Bonchev–Trinajstić information content (AvgIpc) is 2.96. The van der Waals surface area contributed by atoms with Crippen molar-refractivity contribution in [3.8, 4) is 5.75 Å². The van der Waals surface area contributed by atoms with Gasteiger partial charge in [-0.3, -0.25) is 9.59 Å². The number of carbonyl (C=O) groups excluding carboxylic acids is 2. The zero-order valence-corrected chi connectivity index (χ0v) is 19.2. The van der Waals surface area contributed by atoms with E-state index in [0.29, 0.717) is 42.5 Å². The maximum Gasteiger partial charge on any atom is 0.526 e. The average molecular weight is 427 g/mol. The molecule has 0 saturated heterocycles. The maximum atomic E-state index is 12.8. The maximum absolute atomic E-state index is 12.8. The summed E-state index contributed by atoms with van der Waals surface area (Å²) in [7, 11) is -1.04. The molecule has 1 aliphatic carbocycles. The highest BCUT2D eigenvalue weighted by Gasteiger charge is 2.37. The Morgan fingerprint density at radius 3 is 2.77 bits per heavy atom. The summed E-state index contributed by atoms with van der Waals surface area (Å²) in [5, 5.41) is 14.2. The Bertz CT molecular complexity index is 753. The van der Waals surface area contributed by atoms with Crippen LogP contribution in [-0.2, 0) is 11.2 Å². The molecule has 5 nitrogen and oxygen atoms in total. The second-order valence-electron chi connectivity index (χ2n) is 9.50. The van der Waals surface area contributed by atoms with Gasteiger partial charge in [0.25, 0.3) is 0 Å². The number of hydrogen-bond donors (Lipinski definition) is 2. The summed E-state index contributed by atoms with van der Waals surface area (Å²) in [5.41, 5.74) is 1.40. The fourth-order valence-electron chi connectivity index (χ4n) is 5.10. The third kappa shape index (κ3) is 6.91. The molecule has 1 aromatic carbocycles. The predicted molar refractivity (Wildman–Crippen MR) is 125 cm³/mol. The van der Waals surface area contributed by atoms with Crippen LogP contribution in [0.2, 0.25) is 5.82 Å². The normalized spacial score (nSPS) is 23.6. The van der Waals surface area contributed by atoms with Crippen LogP contribution in [0.15, 0.2) is 18.2 Å². The molecule has 2 aliphatic rings. The van der Waals surface area contributed by atoms with E-state index in [1.807, 2.05) is 12.1 Å². The van der Waals surface area contributed by atoms with E-state index in [1.54, 1.807) is 6.07 Å². The van der Waals surface area contributed by atoms with Crippen LogP contribution in [0.1, 0.15) is 94.0 Å². The van der Waals surface area contributed by atoms with Gasteiger partial charge in [0, 0.05) is 24.7 Å². The van der Waals surface area contributed by atoms with Crippen molar-refractivity contribution in [1.29, 1.82) is 0 Å². The number of fused-ring (bicyclic) bond motifs is 1. The molecule has 0 bridgehead atoms. The van der Waals surface area contributed by atoms with Gasteiger partial charge in [-0.25, -0.2) is 0 Å². The summed E-state index contributed by atoms with van der Waals surface area (Å²) < 4.78 is 5.69. The van der Waals surface area contributed by atoms with Crippen molar-refractivity contribution >= 4 is 18.7 Å². The molecule has 2 N–H and O–H groups in total. The summed E-state index contributed by atoms with van der Waals surface area (Å²) >= 11 is 0. The second kappa shape index (κ2) is 11.8. The van der Waals surface area contributed by atoms with Gasteiger partial charge in [-0.1, -0.05) is 38.3 Å². The van der Waals surface area contributed by atoms with Gasteiger partial charge >= 0.3 is 7.12 Å². The van der Waals surface area contributed by atoms with Gasteiger partial charge in [-0.2, -0.15) is 0 Å². The Morgan fingerprint density at radius 2 is 2.00 bits per heavy atom. The minimum Gasteiger partial charge on any atom is -0.535 e. The van der Waals surface area contributed by atoms with Crippen LogP contribution in [0.3, 0.4) is 0 Å². The third-order valence-electron chi connectivity index (χ3n) is 6.91. The van der Waals surface area contributed by atoms with E-state index in [9.17, 15) is 14.6 Å². The van der Waals surface area contributed by atoms with Gasteiger partial charge in [0.1, 0.15) is 11.5 Å². The van der Waals surface area contributed by atoms with Crippen molar-refractivity contribution in [3.63, 3.8) is 0 Å². The van der Waals surface area contributed by atoms with E-state index >= 15 is 0 Å². The first kappa shape index (κ1) is 24.0. The zero-order valence-electron chi connectivity index (χ0n) is 19.2. The smallest absolute Gasteiger partial charge is 0.526 e. The number of ketones is 2. The Morgan fingerprint density at radius 1 is 1.16 bits per heavy atom. The van der Waals surface area contributed by atoms with Crippen molar-refractivity contribution in [3.05, 3.63) is 29.3 Å². The van der Waals surface area contributed by atoms with Crippen molar-refractivity contribution < 1.29 is 19.3 Å². The molecule has 1 saturated carbocycles. The third-order valence-corrected chi connectivity index (χ3v) is 6.91. The molecule has 1 aliphatic heterocycles. The van der Waals surface area contributed by atoms with Crippen LogP contribution >= 0.6 is 0 Å². The Labute approximate surface area is 187 Å². The van der Waals surface area contributed by atoms with Crippen LogP contribution in [-0.4, -0.2) is 36.3 Å². The van der Waals surface area contributed by atoms with Gasteiger partial charge in [-0.05, 0) is 69.5 Å². The molecule has 1 heterocycles. The first-order valence-corrected chi connectivity index (χ1v) is 12.2. The van der Waals surface area contributed by atoms with Crippen molar-refractivity contribution in [2.45, 2.75) is 96.3 Å². The van der Waals surface area contributed by atoms with Gasteiger partial charge in [-0.15, -0.1) is 0 Å². The van der Waals surface area contributed by atoms with Crippen molar-refractivity contribution in [1.82, 2.24) is 5.32 Å². The van der Waals surface area contributed by atoms with E-state index in [-0.39, 0.29) is 17.4 Å². The number of benzene rings is 1. The van der Waals surface area contributed by atoms with E-state index in [0.717, 1.165) is 31.4 Å². The lowest BCUT2D eigenvalue weighted by molar-refractivity contribution is -0.120. The van der Waals surface area contributed by atoms with Crippen LogP contribution in [0, 0.1) is 5.92 Å². The van der Waals surface area contributed by atoms with Gasteiger partial charge in [0.05, 0.1) is 5.56 Å². The molecular formula is C25H38BNO4. The SMILES string of the molecule is CCCCCNC1CCCC(CC(=O)C[C@H]2Cc3cccc(C(C)=O)c3OB2O)CC1. The van der Waals surface area contributed by atoms with Gasteiger partial charge < -0.3 is 15.0 Å². The molecule has 6 heteroatoms. The second-order valence-corrected chi connectivity index (χ2v) is 9.50. The Balaban J connectivity index is 1.47. The number of unbranched alkanes of at least 4 members (excludes halogenated alkanes) is 2. The lowest BCUT2D eigenvalue weighted by Gasteiger charge is -2.28. The van der Waals surface area contributed by atoms with Crippen LogP contribution in [0.25, 0.3) is 0 Å². The lowest BCUT2D eigenvalue weighted by atomic mass is 9.64. The first-order valence-electron chi connectivity index (χ1n) is 12.2. The first-order chi connectivity index (χ1) is 15.0. The molecule has 170 valence electrons. The van der Waals surface area contributed by atoms with Crippen molar-refractivity contribution in [2.24, 2.45) is 5.92 Å². The zero-order chi connectivity index (χ0) is 22.2. The summed E-state index contributed by atoms with van der Waals surface area (Å²) in [6.45, 7) is 4.83. The van der Waals surface area contributed by atoms with Crippen molar-refractivity contribution in [2.75, 3.05) is 6.54 Å². The number of para-hydroxylation sites is 1. The number of hydrogen-bond acceptors (Lipinski definition) is 5. The highest BCUT2D eigenvalue weighted by molar-refractivity contribution is 6.47. The standard InChI is InChI=1S/C25H38BNO4/c1-3-4-5-14-27-22-10-6-8-19(12-13-22)15-23(29)17-21-16-20-9-7-11-24(18(2)28)25(20)31-26(21)30/h7,9,11,19,21-22,27,30H,3-6,8,10,12-17H2,1-2H3/t19?,21-,22?/m1/s1. The highest BCUT2D eigenvalue weighted by Crippen LogP contribution is 2.37. The molecule has 3 rings (SSSR count). The van der Waals surface area contributed by atoms with E-state index in [4.69, 9.17) is 4.65 Å². The quantitative estimate of drug-likeness (QED) is 0.244. The molecule has 0 aromatic heterocycles. The molecule has 1 fully saturated rings. The fourth-order valence-corrected chi connectivity index (χ4v) is 5.10. The van der Waals surface area contributed by atoms with E-state index in [2.05, 4.69) is 12.2 Å². The molecule has 0 amide bonds. The van der Waals surface area contributed by atoms with Gasteiger partial charge in [0.2, 0.25) is 0 Å². The largest absolute Gasteiger partial charge is 0.535 e.